The van der Waals surface area contributed by atoms with Crippen LogP contribution < -0.4 is 5.32 Å². The van der Waals surface area contributed by atoms with Crippen LogP contribution in [0.25, 0.3) is 0 Å². The van der Waals surface area contributed by atoms with E-state index in [1.165, 1.54) is 0 Å². The zero-order valence-corrected chi connectivity index (χ0v) is 12.3. The second-order valence-corrected chi connectivity index (χ2v) is 5.47. The molecule has 1 aromatic carbocycles. The van der Waals surface area contributed by atoms with Crippen LogP contribution in [0.1, 0.15) is 25.3 Å². The first-order chi connectivity index (χ1) is 10.1. The summed E-state index contributed by atoms with van der Waals surface area (Å²) in [6.07, 6.45) is 2.39. The van der Waals surface area contributed by atoms with Gasteiger partial charge < -0.3 is 10.4 Å². The van der Waals surface area contributed by atoms with Gasteiger partial charge in [0.15, 0.2) is 0 Å². The summed E-state index contributed by atoms with van der Waals surface area (Å²) in [5.74, 6) is -1.20. The van der Waals surface area contributed by atoms with E-state index in [1.54, 1.807) is 0 Å². The Labute approximate surface area is 125 Å². The Morgan fingerprint density at radius 2 is 2.14 bits per heavy atom. The van der Waals surface area contributed by atoms with Crippen molar-refractivity contribution in [3.8, 4) is 0 Å². The van der Waals surface area contributed by atoms with Gasteiger partial charge in [0.05, 0.1) is 12.5 Å². The second kappa shape index (κ2) is 7.22. The van der Waals surface area contributed by atoms with E-state index in [0.717, 1.165) is 30.6 Å². The summed E-state index contributed by atoms with van der Waals surface area (Å²) in [6.45, 7) is 3.54. The summed E-state index contributed by atoms with van der Waals surface area (Å²) >= 11 is 0. The summed E-state index contributed by atoms with van der Waals surface area (Å²) in [4.78, 5) is 25.1. The van der Waals surface area contributed by atoms with Gasteiger partial charge in [0.25, 0.3) is 0 Å². The van der Waals surface area contributed by atoms with Crippen LogP contribution in [0.5, 0.6) is 0 Å². The third-order valence-electron chi connectivity index (χ3n) is 3.89. The number of benzene rings is 1. The molecule has 2 rings (SSSR count). The number of carbonyl (C=O) groups is 2. The third-order valence-corrected chi connectivity index (χ3v) is 3.89. The van der Waals surface area contributed by atoms with Crippen molar-refractivity contribution in [2.75, 3.05) is 25.0 Å². The van der Waals surface area contributed by atoms with Crippen LogP contribution >= 0.6 is 0 Å². The molecule has 114 valence electrons. The number of likely N-dealkylation sites (tertiary alicyclic amines) is 1. The average molecular weight is 290 g/mol. The first-order valence-electron chi connectivity index (χ1n) is 7.43. The molecule has 2 N–H and O–H groups in total. The molecule has 5 nitrogen and oxygen atoms in total. The molecule has 5 heteroatoms. The summed E-state index contributed by atoms with van der Waals surface area (Å²) in [5.41, 5.74) is 1.95. The van der Waals surface area contributed by atoms with Gasteiger partial charge in [-0.2, -0.15) is 0 Å². The molecule has 1 aromatic rings. The number of piperidine rings is 1. The Hall–Kier alpha value is -1.88. The number of anilines is 1. The zero-order valence-electron chi connectivity index (χ0n) is 12.3. The van der Waals surface area contributed by atoms with E-state index in [0.29, 0.717) is 13.0 Å². The van der Waals surface area contributed by atoms with Gasteiger partial charge in [0.1, 0.15) is 0 Å². The highest BCUT2D eigenvalue weighted by atomic mass is 16.4. The van der Waals surface area contributed by atoms with E-state index in [4.69, 9.17) is 5.11 Å². The molecular formula is C16H22N2O3. The van der Waals surface area contributed by atoms with E-state index in [1.807, 2.05) is 36.1 Å². The first kappa shape index (κ1) is 15.5. The number of aliphatic carboxylic acids is 1. The lowest BCUT2D eigenvalue weighted by molar-refractivity contribution is -0.144. The number of amides is 1. The molecule has 0 saturated carbocycles. The Bertz CT molecular complexity index is 516. The minimum atomic E-state index is -0.767. The SMILES string of the molecule is CCc1ccccc1NC(=O)CN1CCCC(C(=O)O)C1. The number of carboxylic acid groups (broad SMARTS) is 1. The third kappa shape index (κ3) is 4.29. The summed E-state index contributed by atoms with van der Waals surface area (Å²) in [5, 5.41) is 12.0. The molecule has 0 aromatic heterocycles. The molecule has 1 fully saturated rings. The number of carboxylic acids is 1. The van der Waals surface area contributed by atoms with Crippen molar-refractivity contribution in [2.45, 2.75) is 26.2 Å². The van der Waals surface area contributed by atoms with Crippen LogP contribution in [0.2, 0.25) is 0 Å². The fourth-order valence-corrected chi connectivity index (χ4v) is 2.74. The number of para-hydroxylation sites is 1. The fraction of sp³-hybridized carbons (Fsp3) is 0.500. The monoisotopic (exact) mass is 290 g/mol. The van der Waals surface area contributed by atoms with Crippen molar-refractivity contribution >= 4 is 17.6 Å². The number of carbonyl (C=O) groups excluding carboxylic acids is 1. The van der Waals surface area contributed by atoms with Gasteiger partial charge in [-0.1, -0.05) is 25.1 Å². The van der Waals surface area contributed by atoms with Gasteiger partial charge in [-0.15, -0.1) is 0 Å². The zero-order chi connectivity index (χ0) is 15.2. The van der Waals surface area contributed by atoms with Crippen LogP contribution in [0.4, 0.5) is 5.69 Å². The van der Waals surface area contributed by atoms with E-state index in [-0.39, 0.29) is 18.4 Å². The van der Waals surface area contributed by atoms with Gasteiger partial charge >= 0.3 is 5.97 Å². The van der Waals surface area contributed by atoms with Crippen LogP contribution in [-0.2, 0) is 16.0 Å². The molecule has 1 aliphatic heterocycles. The highest BCUT2D eigenvalue weighted by Crippen LogP contribution is 2.18. The van der Waals surface area contributed by atoms with E-state index >= 15 is 0 Å². The van der Waals surface area contributed by atoms with Gasteiger partial charge in [-0.3, -0.25) is 14.5 Å². The average Bonchev–Trinajstić information content (AvgIpc) is 2.48. The Balaban J connectivity index is 1.91. The number of nitrogens with zero attached hydrogens (tertiary/aromatic N) is 1. The minimum absolute atomic E-state index is 0.0815. The largest absolute Gasteiger partial charge is 0.481 e. The molecule has 0 bridgehead atoms. The Kier molecular flexibility index (Phi) is 5.33. The van der Waals surface area contributed by atoms with Crippen molar-refractivity contribution < 1.29 is 14.7 Å². The number of hydrogen-bond acceptors (Lipinski definition) is 3. The van der Waals surface area contributed by atoms with Gasteiger partial charge in [0, 0.05) is 12.2 Å². The maximum Gasteiger partial charge on any atom is 0.307 e. The van der Waals surface area contributed by atoms with Crippen LogP contribution in [-0.4, -0.2) is 41.5 Å². The molecule has 0 spiro atoms. The maximum absolute atomic E-state index is 12.1. The highest BCUT2D eigenvalue weighted by molar-refractivity contribution is 5.93. The molecule has 1 aliphatic rings. The van der Waals surface area contributed by atoms with Crippen molar-refractivity contribution in [1.29, 1.82) is 0 Å². The van der Waals surface area contributed by atoms with Gasteiger partial charge in [-0.05, 0) is 37.4 Å². The number of aryl methyl sites for hydroxylation is 1. The van der Waals surface area contributed by atoms with Crippen molar-refractivity contribution in [2.24, 2.45) is 5.92 Å². The quantitative estimate of drug-likeness (QED) is 0.870. The lowest BCUT2D eigenvalue weighted by Gasteiger charge is -2.30. The van der Waals surface area contributed by atoms with Gasteiger partial charge in [0.2, 0.25) is 5.91 Å². The molecule has 1 heterocycles. The van der Waals surface area contributed by atoms with Crippen molar-refractivity contribution in [3.05, 3.63) is 29.8 Å². The lowest BCUT2D eigenvalue weighted by atomic mass is 9.98. The molecule has 1 atom stereocenters. The number of nitrogens with one attached hydrogen (secondary N) is 1. The summed E-state index contributed by atoms with van der Waals surface area (Å²) in [6, 6.07) is 7.75. The molecule has 0 aliphatic carbocycles. The molecule has 1 amide bonds. The highest BCUT2D eigenvalue weighted by Gasteiger charge is 2.26. The van der Waals surface area contributed by atoms with Crippen molar-refractivity contribution in [3.63, 3.8) is 0 Å². The predicted octanol–water partition coefficient (Wildman–Crippen LogP) is 1.98. The normalized spacial score (nSPS) is 19.2. The number of rotatable bonds is 5. The first-order valence-corrected chi connectivity index (χ1v) is 7.43. The summed E-state index contributed by atoms with van der Waals surface area (Å²) < 4.78 is 0. The fourth-order valence-electron chi connectivity index (χ4n) is 2.74. The molecule has 1 saturated heterocycles. The predicted molar refractivity (Wildman–Crippen MR) is 81.2 cm³/mol. The molecular weight excluding hydrogens is 268 g/mol. The molecule has 0 radical (unpaired) electrons. The Morgan fingerprint density at radius 3 is 2.86 bits per heavy atom. The molecule has 21 heavy (non-hydrogen) atoms. The number of hydrogen-bond donors (Lipinski definition) is 2. The maximum atomic E-state index is 12.1. The van der Waals surface area contributed by atoms with E-state index in [2.05, 4.69) is 5.32 Å². The second-order valence-electron chi connectivity index (χ2n) is 5.47. The Morgan fingerprint density at radius 1 is 1.38 bits per heavy atom. The van der Waals surface area contributed by atoms with E-state index < -0.39 is 5.97 Å². The van der Waals surface area contributed by atoms with Gasteiger partial charge in [-0.25, -0.2) is 0 Å². The minimum Gasteiger partial charge on any atom is -0.481 e. The lowest BCUT2D eigenvalue weighted by Crippen LogP contribution is -2.42. The smallest absolute Gasteiger partial charge is 0.307 e. The summed E-state index contributed by atoms with van der Waals surface area (Å²) in [7, 11) is 0. The van der Waals surface area contributed by atoms with Crippen LogP contribution in [0, 0.1) is 5.92 Å². The standard InChI is InChI=1S/C16H22N2O3/c1-2-12-6-3-4-8-14(12)17-15(19)11-18-9-5-7-13(10-18)16(20)21/h3-4,6,8,13H,2,5,7,9-11H2,1H3,(H,17,19)(H,20,21). The topological polar surface area (TPSA) is 69.6 Å². The van der Waals surface area contributed by atoms with Crippen LogP contribution in [0.15, 0.2) is 24.3 Å². The van der Waals surface area contributed by atoms with Crippen molar-refractivity contribution in [1.82, 2.24) is 4.90 Å². The molecule has 1 unspecified atom stereocenters. The van der Waals surface area contributed by atoms with Crippen LogP contribution in [0.3, 0.4) is 0 Å². The van der Waals surface area contributed by atoms with E-state index in [9.17, 15) is 9.59 Å².